The van der Waals surface area contributed by atoms with E-state index >= 15 is 0 Å². The van der Waals surface area contributed by atoms with Crippen LogP contribution in [0.4, 0.5) is 10.5 Å². The molecular formula is C23H28N2O3S. The standard InChI is InChI=1S/C23H28N2O3S/c1-15(2)13-28-22(26)20-14-29-21(18-8-6-5-7-9-18)25(20)23(27)24-19-11-10-16(3)12-17(19)4/h5-12,15,20-21H,13-14H2,1-4H3,(H,24,27). The first-order valence-electron chi connectivity index (χ1n) is 9.86. The van der Waals surface area contributed by atoms with E-state index < -0.39 is 6.04 Å². The number of amides is 2. The molecule has 2 unspecified atom stereocenters. The molecule has 3 rings (SSSR count). The predicted octanol–water partition coefficient (Wildman–Crippen LogP) is 5.15. The third-order valence-electron chi connectivity index (χ3n) is 4.77. The predicted molar refractivity (Wildman–Crippen MR) is 118 cm³/mol. The number of esters is 1. The molecule has 1 heterocycles. The molecule has 0 spiro atoms. The van der Waals surface area contributed by atoms with E-state index in [1.54, 1.807) is 16.7 Å². The Morgan fingerprint density at radius 3 is 2.55 bits per heavy atom. The Bertz CT molecular complexity index is 870. The molecule has 0 saturated carbocycles. The first-order chi connectivity index (χ1) is 13.9. The number of carbonyl (C=O) groups is 2. The van der Waals surface area contributed by atoms with Gasteiger partial charge >= 0.3 is 12.0 Å². The molecule has 1 saturated heterocycles. The summed E-state index contributed by atoms with van der Waals surface area (Å²) in [5.74, 6) is 0.410. The van der Waals surface area contributed by atoms with Gasteiger partial charge in [-0.2, -0.15) is 0 Å². The second-order valence-electron chi connectivity index (χ2n) is 7.79. The van der Waals surface area contributed by atoms with Crippen molar-refractivity contribution >= 4 is 29.4 Å². The van der Waals surface area contributed by atoms with E-state index in [9.17, 15) is 9.59 Å². The van der Waals surface area contributed by atoms with Gasteiger partial charge in [0.15, 0.2) is 0 Å². The maximum absolute atomic E-state index is 13.3. The molecule has 2 atom stereocenters. The van der Waals surface area contributed by atoms with Crippen molar-refractivity contribution < 1.29 is 14.3 Å². The van der Waals surface area contributed by atoms with Crippen molar-refractivity contribution in [2.45, 2.75) is 39.1 Å². The highest BCUT2D eigenvalue weighted by atomic mass is 32.2. The minimum atomic E-state index is -0.616. The van der Waals surface area contributed by atoms with Crippen LogP contribution in [0.3, 0.4) is 0 Å². The number of anilines is 1. The van der Waals surface area contributed by atoms with E-state index in [1.807, 2.05) is 76.2 Å². The van der Waals surface area contributed by atoms with Crippen molar-refractivity contribution in [3.05, 3.63) is 65.2 Å². The van der Waals surface area contributed by atoms with Gasteiger partial charge in [0.1, 0.15) is 11.4 Å². The molecule has 154 valence electrons. The fourth-order valence-corrected chi connectivity index (χ4v) is 4.70. The molecule has 1 N–H and O–H groups in total. The molecule has 0 aromatic heterocycles. The van der Waals surface area contributed by atoms with Crippen molar-refractivity contribution in [2.24, 2.45) is 5.92 Å². The SMILES string of the molecule is Cc1ccc(NC(=O)N2C(C(=O)OCC(C)C)CSC2c2ccccc2)c(C)c1. The molecule has 1 fully saturated rings. The van der Waals surface area contributed by atoms with Crippen molar-refractivity contribution in [1.82, 2.24) is 4.90 Å². The number of benzene rings is 2. The van der Waals surface area contributed by atoms with Crippen molar-refractivity contribution in [2.75, 3.05) is 17.7 Å². The number of ether oxygens (including phenoxy) is 1. The Hall–Kier alpha value is -2.47. The van der Waals surface area contributed by atoms with Crippen LogP contribution in [0.25, 0.3) is 0 Å². The summed E-state index contributed by atoms with van der Waals surface area (Å²) in [6.45, 7) is 8.32. The molecule has 2 aromatic carbocycles. The normalized spacial score (nSPS) is 18.7. The second-order valence-corrected chi connectivity index (χ2v) is 8.91. The Morgan fingerprint density at radius 2 is 1.90 bits per heavy atom. The molecule has 0 radical (unpaired) electrons. The summed E-state index contributed by atoms with van der Waals surface area (Å²) in [7, 11) is 0. The van der Waals surface area contributed by atoms with E-state index in [0.29, 0.717) is 12.4 Å². The molecule has 29 heavy (non-hydrogen) atoms. The van der Waals surface area contributed by atoms with Crippen molar-refractivity contribution in [3.63, 3.8) is 0 Å². The highest BCUT2D eigenvalue weighted by Crippen LogP contribution is 2.42. The molecule has 5 nitrogen and oxygen atoms in total. The van der Waals surface area contributed by atoms with Crippen LogP contribution in [0.5, 0.6) is 0 Å². The summed E-state index contributed by atoms with van der Waals surface area (Å²) in [6, 6.07) is 14.8. The monoisotopic (exact) mass is 412 g/mol. The zero-order valence-electron chi connectivity index (χ0n) is 17.3. The van der Waals surface area contributed by atoms with Gasteiger partial charge in [-0.15, -0.1) is 11.8 Å². The number of carbonyl (C=O) groups excluding carboxylic acids is 2. The molecule has 1 aliphatic rings. The largest absolute Gasteiger partial charge is 0.464 e. The highest BCUT2D eigenvalue weighted by molar-refractivity contribution is 7.99. The second kappa shape index (κ2) is 9.35. The van der Waals surface area contributed by atoms with Crippen LogP contribution >= 0.6 is 11.8 Å². The minimum absolute atomic E-state index is 0.237. The van der Waals surface area contributed by atoms with Crippen LogP contribution in [0.1, 0.15) is 35.9 Å². The fraction of sp³-hybridized carbons (Fsp3) is 0.391. The molecule has 1 aliphatic heterocycles. The molecular weight excluding hydrogens is 384 g/mol. The first kappa shape index (κ1) is 21.2. The van der Waals surface area contributed by atoms with Gasteiger partial charge in [-0.05, 0) is 37.0 Å². The molecule has 2 amide bonds. The van der Waals surface area contributed by atoms with Gasteiger partial charge in [0, 0.05) is 11.4 Å². The third kappa shape index (κ3) is 5.12. The number of nitrogens with zero attached hydrogens (tertiary/aromatic N) is 1. The summed E-state index contributed by atoms with van der Waals surface area (Å²) in [4.78, 5) is 27.7. The average Bonchev–Trinajstić information content (AvgIpc) is 3.14. The molecule has 0 bridgehead atoms. The Morgan fingerprint density at radius 1 is 1.17 bits per heavy atom. The maximum Gasteiger partial charge on any atom is 0.329 e. The van der Waals surface area contributed by atoms with E-state index in [-0.39, 0.29) is 23.3 Å². The van der Waals surface area contributed by atoms with Gasteiger partial charge in [0.2, 0.25) is 0 Å². The molecule has 0 aliphatic carbocycles. The minimum Gasteiger partial charge on any atom is -0.464 e. The maximum atomic E-state index is 13.3. The number of hydrogen-bond donors (Lipinski definition) is 1. The van der Waals surface area contributed by atoms with Crippen LogP contribution < -0.4 is 5.32 Å². The summed E-state index contributed by atoms with van der Waals surface area (Å²) in [5, 5.41) is 2.76. The summed E-state index contributed by atoms with van der Waals surface area (Å²) in [6.07, 6.45) is 0. The van der Waals surface area contributed by atoms with Gasteiger partial charge in [-0.1, -0.05) is 61.9 Å². The summed E-state index contributed by atoms with van der Waals surface area (Å²) in [5.41, 5.74) is 3.86. The number of hydrogen-bond acceptors (Lipinski definition) is 4. The lowest BCUT2D eigenvalue weighted by atomic mass is 10.1. The Labute approximate surface area is 176 Å². The number of nitrogens with one attached hydrogen (secondary N) is 1. The van der Waals surface area contributed by atoms with Crippen molar-refractivity contribution in [3.8, 4) is 0 Å². The van der Waals surface area contributed by atoms with Gasteiger partial charge in [0.05, 0.1) is 6.61 Å². The lowest BCUT2D eigenvalue weighted by Crippen LogP contribution is -2.46. The number of urea groups is 1. The van der Waals surface area contributed by atoms with Crippen LogP contribution in [0.2, 0.25) is 0 Å². The zero-order valence-corrected chi connectivity index (χ0v) is 18.2. The van der Waals surface area contributed by atoms with E-state index in [2.05, 4.69) is 5.32 Å². The van der Waals surface area contributed by atoms with E-state index in [1.165, 1.54) is 0 Å². The Kier molecular flexibility index (Phi) is 6.85. The molecule has 6 heteroatoms. The van der Waals surface area contributed by atoms with Gasteiger partial charge < -0.3 is 10.1 Å². The first-order valence-corrected chi connectivity index (χ1v) is 10.9. The quantitative estimate of drug-likeness (QED) is 0.690. The number of rotatable bonds is 5. The van der Waals surface area contributed by atoms with Crippen LogP contribution in [-0.2, 0) is 9.53 Å². The van der Waals surface area contributed by atoms with Crippen LogP contribution in [-0.4, -0.2) is 35.3 Å². The zero-order chi connectivity index (χ0) is 21.0. The average molecular weight is 413 g/mol. The topological polar surface area (TPSA) is 58.6 Å². The highest BCUT2D eigenvalue weighted by Gasteiger charge is 2.43. The number of aryl methyl sites for hydroxylation is 2. The van der Waals surface area contributed by atoms with Gasteiger partial charge in [-0.3, -0.25) is 4.90 Å². The molecule has 2 aromatic rings. The fourth-order valence-electron chi connectivity index (χ4n) is 3.29. The number of thioether (sulfide) groups is 1. The van der Waals surface area contributed by atoms with E-state index in [4.69, 9.17) is 4.74 Å². The smallest absolute Gasteiger partial charge is 0.329 e. The van der Waals surface area contributed by atoms with Gasteiger partial charge in [-0.25, -0.2) is 9.59 Å². The van der Waals surface area contributed by atoms with Crippen molar-refractivity contribution in [1.29, 1.82) is 0 Å². The summed E-state index contributed by atoms with van der Waals surface area (Å²) >= 11 is 1.58. The lowest BCUT2D eigenvalue weighted by molar-refractivity contribution is -0.149. The Balaban J connectivity index is 1.86. The van der Waals surface area contributed by atoms with E-state index in [0.717, 1.165) is 22.4 Å². The van der Waals surface area contributed by atoms with Gasteiger partial charge in [0.25, 0.3) is 0 Å². The third-order valence-corrected chi connectivity index (χ3v) is 6.10. The lowest BCUT2D eigenvalue weighted by Gasteiger charge is -2.29. The van der Waals surface area contributed by atoms with Crippen LogP contribution in [0, 0.1) is 19.8 Å². The van der Waals surface area contributed by atoms with Crippen LogP contribution in [0.15, 0.2) is 48.5 Å². The summed E-state index contributed by atoms with van der Waals surface area (Å²) < 4.78 is 5.47.